The Morgan fingerprint density at radius 1 is 1.15 bits per heavy atom. The minimum atomic E-state index is -3.46. The quantitative estimate of drug-likeness (QED) is 0.519. The lowest BCUT2D eigenvalue weighted by atomic mass is 10.1. The van der Waals surface area contributed by atoms with Crippen molar-refractivity contribution in [3.8, 4) is 0 Å². The number of halogens is 1. The van der Waals surface area contributed by atoms with E-state index in [0.717, 1.165) is 12.8 Å². The highest BCUT2D eigenvalue weighted by atomic mass is 79.9. The summed E-state index contributed by atoms with van der Waals surface area (Å²) >= 11 is 3.23. The van der Waals surface area contributed by atoms with Gasteiger partial charge in [-0.15, -0.1) is 0 Å². The zero-order valence-corrected chi connectivity index (χ0v) is 14.3. The van der Waals surface area contributed by atoms with Gasteiger partial charge in [0.2, 0.25) is 10.0 Å². The van der Waals surface area contributed by atoms with Gasteiger partial charge in [0.25, 0.3) is 0 Å². The van der Waals surface area contributed by atoms with Crippen LogP contribution in [0.2, 0.25) is 0 Å². The van der Waals surface area contributed by atoms with Gasteiger partial charge < -0.3 is 5.73 Å². The van der Waals surface area contributed by atoms with Crippen LogP contribution in [-0.4, -0.2) is 15.0 Å². The van der Waals surface area contributed by atoms with Gasteiger partial charge in [0.05, 0.1) is 4.90 Å². The van der Waals surface area contributed by atoms with E-state index in [0.29, 0.717) is 16.7 Å². The van der Waals surface area contributed by atoms with E-state index in [2.05, 4.69) is 27.6 Å². The fourth-order valence-corrected chi connectivity index (χ4v) is 4.09. The summed E-state index contributed by atoms with van der Waals surface area (Å²) in [6, 6.07) is 4.70. The molecule has 1 aromatic carbocycles. The van der Waals surface area contributed by atoms with Crippen molar-refractivity contribution in [2.24, 2.45) is 0 Å². The molecule has 3 N–H and O–H groups in total. The highest BCUT2D eigenvalue weighted by Crippen LogP contribution is 2.24. The zero-order valence-electron chi connectivity index (χ0n) is 11.9. The molecular weight excluding hydrogens is 340 g/mol. The van der Waals surface area contributed by atoms with Crippen LogP contribution in [0.1, 0.15) is 45.4 Å². The van der Waals surface area contributed by atoms with Crippen LogP contribution in [0.5, 0.6) is 0 Å². The average molecular weight is 363 g/mol. The smallest absolute Gasteiger partial charge is 0.241 e. The lowest BCUT2D eigenvalue weighted by Gasteiger charge is -2.09. The minimum absolute atomic E-state index is 0.234. The molecule has 0 amide bonds. The van der Waals surface area contributed by atoms with Crippen LogP contribution in [0.4, 0.5) is 5.69 Å². The Kier molecular flexibility index (Phi) is 7.55. The molecule has 0 unspecified atom stereocenters. The standard InChI is InChI=1S/C14H23BrN2O2S/c1-2-3-4-5-6-7-10-17-20(18,19)14-9-8-12(16)11-13(14)15/h8-9,11,17H,2-7,10,16H2,1H3. The van der Waals surface area contributed by atoms with Gasteiger partial charge in [-0.05, 0) is 40.5 Å². The molecule has 0 aromatic heterocycles. The molecule has 1 aromatic rings. The first-order valence-electron chi connectivity index (χ1n) is 7.02. The number of nitrogens with two attached hydrogens (primary N) is 1. The molecule has 0 fully saturated rings. The second-order valence-corrected chi connectivity index (χ2v) is 7.45. The van der Waals surface area contributed by atoms with Gasteiger partial charge in [0.15, 0.2) is 0 Å². The summed E-state index contributed by atoms with van der Waals surface area (Å²) in [7, 11) is -3.46. The average Bonchev–Trinajstić information content (AvgIpc) is 2.37. The van der Waals surface area contributed by atoms with Crippen LogP contribution in [0.25, 0.3) is 0 Å². The van der Waals surface area contributed by atoms with Gasteiger partial charge in [-0.3, -0.25) is 0 Å². The highest BCUT2D eigenvalue weighted by molar-refractivity contribution is 9.10. The van der Waals surface area contributed by atoms with E-state index < -0.39 is 10.0 Å². The van der Waals surface area contributed by atoms with Crippen LogP contribution in [-0.2, 0) is 10.0 Å². The number of nitrogens with one attached hydrogen (secondary N) is 1. The third-order valence-electron chi connectivity index (χ3n) is 3.07. The summed E-state index contributed by atoms with van der Waals surface area (Å²) in [6.07, 6.45) is 6.80. The second kappa shape index (κ2) is 8.64. The number of hydrogen-bond donors (Lipinski definition) is 2. The Balaban J connectivity index is 2.42. The fraction of sp³-hybridized carbons (Fsp3) is 0.571. The van der Waals surface area contributed by atoms with Gasteiger partial charge in [-0.2, -0.15) is 0 Å². The molecule has 20 heavy (non-hydrogen) atoms. The molecule has 0 radical (unpaired) electrons. The Bertz CT molecular complexity index is 518. The third-order valence-corrected chi connectivity index (χ3v) is 5.51. The molecule has 6 heteroatoms. The van der Waals surface area contributed by atoms with E-state index in [9.17, 15) is 8.42 Å². The fourth-order valence-electron chi connectivity index (χ4n) is 1.92. The van der Waals surface area contributed by atoms with Crippen molar-refractivity contribution in [3.05, 3.63) is 22.7 Å². The van der Waals surface area contributed by atoms with Gasteiger partial charge >= 0.3 is 0 Å². The van der Waals surface area contributed by atoms with Gasteiger partial charge in [-0.1, -0.05) is 39.0 Å². The molecule has 0 aliphatic carbocycles. The van der Waals surface area contributed by atoms with Crippen molar-refractivity contribution in [2.45, 2.75) is 50.3 Å². The largest absolute Gasteiger partial charge is 0.399 e. The number of rotatable bonds is 9. The number of hydrogen-bond acceptors (Lipinski definition) is 3. The highest BCUT2D eigenvalue weighted by Gasteiger charge is 2.16. The van der Waals surface area contributed by atoms with Crippen molar-refractivity contribution < 1.29 is 8.42 Å². The van der Waals surface area contributed by atoms with E-state index in [-0.39, 0.29) is 4.90 Å². The molecule has 0 heterocycles. The first-order chi connectivity index (χ1) is 9.47. The Labute approximate surface area is 130 Å². The maximum Gasteiger partial charge on any atom is 0.241 e. The number of sulfonamides is 1. The first kappa shape index (κ1) is 17.5. The first-order valence-corrected chi connectivity index (χ1v) is 9.29. The maximum absolute atomic E-state index is 12.1. The third kappa shape index (κ3) is 5.81. The summed E-state index contributed by atoms with van der Waals surface area (Å²) in [4.78, 5) is 0.234. The van der Waals surface area contributed by atoms with E-state index in [1.54, 1.807) is 12.1 Å². The summed E-state index contributed by atoms with van der Waals surface area (Å²) in [5.74, 6) is 0. The monoisotopic (exact) mass is 362 g/mol. The Morgan fingerprint density at radius 3 is 2.45 bits per heavy atom. The van der Waals surface area contributed by atoms with Crippen molar-refractivity contribution in [2.75, 3.05) is 12.3 Å². The van der Waals surface area contributed by atoms with E-state index in [4.69, 9.17) is 5.73 Å². The van der Waals surface area contributed by atoms with Gasteiger partial charge in [0, 0.05) is 16.7 Å². The molecule has 0 saturated heterocycles. The Morgan fingerprint density at radius 2 is 1.80 bits per heavy atom. The predicted octanol–water partition coefficient (Wildman–Crippen LogP) is 3.67. The molecule has 0 atom stereocenters. The molecule has 0 aliphatic heterocycles. The van der Waals surface area contributed by atoms with Crippen molar-refractivity contribution >= 4 is 31.6 Å². The number of unbranched alkanes of at least 4 members (excludes halogenated alkanes) is 5. The van der Waals surface area contributed by atoms with Crippen LogP contribution >= 0.6 is 15.9 Å². The summed E-state index contributed by atoms with van der Waals surface area (Å²) in [6.45, 7) is 2.66. The van der Waals surface area contributed by atoms with Crippen LogP contribution in [0.15, 0.2) is 27.6 Å². The van der Waals surface area contributed by atoms with E-state index >= 15 is 0 Å². The van der Waals surface area contributed by atoms with Gasteiger partial charge in [-0.25, -0.2) is 13.1 Å². The molecule has 0 aliphatic rings. The molecule has 0 spiro atoms. The predicted molar refractivity (Wildman–Crippen MR) is 87.1 cm³/mol. The molecule has 4 nitrogen and oxygen atoms in total. The Hall–Kier alpha value is -0.590. The SMILES string of the molecule is CCCCCCCCNS(=O)(=O)c1ccc(N)cc1Br. The van der Waals surface area contributed by atoms with Crippen LogP contribution in [0.3, 0.4) is 0 Å². The van der Waals surface area contributed by atoms with E-state index in [1.807, 2.05) is 0 Å². The minimum Gasteiger partial charge on any atom is -0.399 e. The van der Waals surface area contributed by atoms with E-state index in [1.165, 1.54) is 31.7 Å². The van der Waals surface area contributed by atoms with Crippen LogP contribution in [0, 0.1) is 0 Å². The molecule has 0 saturated carbocycles. The summed E-state index contributed by atoms with van der Waals surface area (Å²) < 4.78 is 27.4. The topological polar surface area (TPSA) is 72.2 Å². The maximum atomic E-state index is 12.1. The van der Waals surface area contributed by atoms with Crippen LogP contribution < -0.4 is 10.5 Å². The molecule has 114 valence electrons. The number of nitrogen functional groups attached to an aromatic ring is 1. The molecular formula is C14H23BrN2O2S. The number of benzene rings is 1. The number of anilines is 1. The molecule has 1 rings (SSSR count). The van der Waals surface area contributed by atoms with Crippen molar-refractivity contribution in [1.29, 1.82) is 0 Å². The van der Waals surface area contributed by atoms with Gasteiger partial charge in [0.1, 0.15) is 0 Å². The zero-order chi connectivity index (χ0) is 15.0. The lowest BCUT2D eigenvalue weighted by Crippen LogP contribution is -2.25. The van der Waals surface area contributed by atoms with Crippen molar-refractivity contribution in [3.63, 3.8) is 0 Å². The van der Waals surface area contributed by atoms with Crippen molar-refractivity contribution in [1.82, 2.24) is 4.72 Å². The summed E-state index contributed by atoms with van der Waals surface area (Å²) in [5.41, 5.74) is 6.14. The summed E-state index contributed by atoms with van der Waals surface area (Å²) in [5, 5.41) is 0. The lowest BCUT2D eigenvalue weighted by molar-refractivity contribution is 0.567. The second-order valence-electron chi connectivity index (χ2n) is 4.86. The normalized spacial score (nSPS) is 11.7. The molecule has 0 bridgehead atoms.